The molecule has 1 N–H and O–H groups in total. The molecule has 142 valence electrons. The first-order valence-corrected chi connectivity index (χ1v) is 9.50. The van der Waals surface area contributed by atoms with Gasteiger partial charge in [-0.3, -0.25) is 5.10 Å². The summed E-state index contributed by atoms with van der Waals surface area (Å²) in [4.78, 5) is 0. The fourth-order valence-electron chi connectivity index (χ4n) is 2.51. The van der Waals surface area contributed by atoms with Crippen molar-refractivity contribution in [2.24, 2.45) is 5.10 Å². The van der Waals surface area contributed by atoms with Crippen molar-refractivity contribution in [1.29, 1.82) is 0 Å². The van der Waals surface area contributed by atoms with Gasteiger partial charge in [0.1, 0.15) is 0 Å². The van der Waals surface area contributed by atoms with E-state index in [0.717, 1.165) is 23.6 Å². The normalized spacial score (nSPS) is 11.4. The van der Waals surface area contributed by atoms with Gasteiger partial charge in [0, 0.05) is 5.92 Å². The monoisotopic (exact) mass is 376 g/mol. The molecule has 2 aromatic rings. The summed E-state index contributed by atoms with van der Waals surface area (Å²) in [7, 11) is 1.64. The van der Waals surface area contributed by atoms with Crippen molar-refractivity contribution in [3.63, 3.8) is 0 Å². The second-order valence-electron chi connectivity index (χ2n) is 6.42. The van der Waals surface area contributed by atoms with E-state index in [0.29, 0.717) is 17.1 Å². The van der Waals surface area contributed by atoms with Gasteiger partial charge in [0.05, 0.1) is 19.9 Å². The standard InChI is InChI=1S/C19H28N4O2S/c1-5-6-7-8-11-25-16-10-9-15(12-17(16)24-4)13-20-23-18(14(2)3)21-22-19(23)26/h9-10,12-14H,5-8,11H2,1-4H3,(H,22,26)/b20-13-. The number of H-pyrrole nitrogens is 1. The number of benzene rings is 1. The molecule has 0 radical (unpaired) electrons. The van der Waals surface area contributed by atoms with Crippen LogP contribution >= 0.6 is 12.2 Å². The molecule has 6 nitrogen and oxygen atoms in total. The number of nitrogens with one attached hydrogen (secondary N) is 1. The maximum Gasteiger partial charge on any atom is 0.216 e. The fraction of sp³-hybridized carbons (Fsp3) is 0.526. The van der Waals surface area contributed by atoms with Gasteiger partial charge in [-0.1, -0.05) is 40.0 Å². The molecule has 0 atom stereocenters. The second-order valence-corrected chi connectivity index (χ2v) is 6.80. The number of unbranched alkanes of at least 4 members (excludes halogenated alkanes) is 3. The number of aromatic nitrogens is 3. The minimum absolute atomic E-state index is 0.220. The summed E-state index contributed by atoms with van der Waals surface area (Å²) >= 11 is 5.24. The van der Waals surface area contributed by atoms with E-state index < -0.39 is 0 Å². The van der Waals surface area contributed by atoms with Crippen LogP contribution in [0.1, 0.15) is 63.8 Å². The first kappa shape index (κ1) is 20.2. The molecule has 0 saturated heterocycles. The smallest absolute Gasteiger partial charge is 0.216 e. The first-order valence-electron chi connectivity index (χ1n) is 9.09. The third-order valence-corrected chi connectivity index (χ3v) is 4.22. The van der Waals surface area contributed by atoms with Crippen molar-refractivity contribution in [2.45, 2.75) is 52.4 Å². The molecule has 0 unspecified atom stereocenters. The van der Waals surface area contributed by atoms with Crippen LogP contribution in [0.2, 0.25) is 0 Å². The third kappa shape index (κ3) is 5.42. The number of nitrogens with zero attached hydrogens (tertiary/aromatic N) is 3. The van der Waals surface area contributed by atoms with Crippen LogP contribution in [-0.2, 0) is 0 Å². The van der Waals surface area contributed by atoms with E-state index in [1.54, 1.807) is 18.0 Å². The zero-order valence-corrected chi connectivity index (χ0v) is 16.8. The Labute approximate surface area is 160 Å². The van der Waals surface area contributed by atoms with Crippen LogP contribution in [0, 0.1) is 4.77 Å². The Balaban J connectivity index is 2.09. The topological polar surface area (TPSA) is 64.4 Å². The largest absolute Gasteiger partial charge is 0.493 e. The van der Waals surface area contributed by atoms with E-state index >= 15 is 0 Å². The molecule has 2 rings (SSSR count). The average Bonchev–Trinajstić information content (AvgIpc) is 3.01. The molecule has 0 amide bonds. The Morgan fingerprint density at radius 3 is 2.77 bits per heavy atom. The van der Waals surface area contributed by atoms with Gasteiger partial charge in [-0.25, -0.2) is 0 Å². The number of rotatable bonds is 10. The first-order chi connectivity index (χ1) is 12.6. The minimum Gasteiger partial charge on any atom is -0.493 e. The number of hydrogen-bond donors (Lipinski definition) is 1. The van der Waals surface area contributed by atoms with Gasteiger partial charge >= 0.3 is 0 Å². The van der Waals surface area contributed by atoms with Crippen LogP contribution in [0.5, 0.6) is 11.5 Å². The lowest BCUT2D eigenvalue weighted by molar-refractivity contribution is 0.285. The molecule has 0 fully saturated rings. The van der Waals surface area contributed by atoms with Crippen LogP contribution in [0.3, 0.4) is 0 Å². The van der Waals surface area contributed by atoms with Crippen molar-refractivity contribution in [3.05, 3.63) is 34.4 Å². The summed E-state index contributed by atoms with van der Waals surface area (Å²) in [5.41, 5.74) is 0.901. The van der Waals surface area contributed by atoms with Gasteiger partial charge in [0.2, 0.25) is 4.77 Å². The molecule has 0 aliphatic heterocycles. The maximum atomic E-state index is 5.84. The number of hydrogen-bond acceptors (Lipinski definition) is 5. The Hall–Kier alpha value is -2.15. The Morgan fingerprint density at radius 2 is 2.08 bits per heavy atom. The van der Waals surface area contributed by atoms with E-state index in [4.69, 9.17) is 21.7 Å². The number of ether oxygens (including phenoxy) is 2. The highest BCUT2D eigenvalue weighted by Gasteiger charge is 2.09. The molecule has 0 aliphatic rings. The Morgan fingerprint density at radius 1 is 1.27 bits per heavy atom. The lowest BCUT2D eigenvalue weighted by Crippen LogP contribution is -2.02. The summed E-state index contributed by atoms with van der Waals surface area (Å²) in [5, 5.41) is 11.5. The number of aromatic amines is 1. The maximum absolute atomic E-state index is 5.84. The molecule has 0 saturated carbocycles. The summed E-state index contributed by atoms with van der Waals surface area (Å²) < 4.78 is 13.4. The molecule has 0 spiro atoms. The van der Waals surface area contributed by atoms with E-state index in [9.17, 15) is 0 Å². The highest BCUT2D eigenvalue weighted by molar-refractivity contribution is 7.71. The summed E-state index contributed by atoms with van der Waals surface area (Å²) in [6.45, 7) is 7.00. The van der Waals surface area contributed by atoms with Crippen molar-refractivity contribution in [2.75, 3.05) is 13.7 Å². The highest BCUT2D eigenvalue weighted by Crippen LogP contribution is 2.28. The molecule has 1 aromatic carbocycles. The predicted octanol–water partition coefficient (Wildman–Crippen LogP) is 4.91. The van der Waals surface area contributed by atoms with Crippen molar-refractivity contribution in [1.82, 2.24) is 14.9 Å². The van der Waals surface area contributed by atoms with E-state index in [-0.39, 0.29) is 5.92 Å². The molecule has 0 aliphatic carbocycles. The van der Waals surface area contributed by atoms with Gasteiger partial charge in [0.25, 0.3) is 0 Å². The summed E-state index contributed by atoms with van der Waals surface area (Å²) in [5.74, 6) is 2.47. The van der Waals surface area contributed by atoms with Crippen LogP contribution in [0.4, 0.5) is 0 Å². The lowest BCUT2D eigenvalue weighted by Gasteiger charge is -2.11. The van der Waals surface area contributed by atoms with E-state index in [1.807, 2.05) is 32.0 Å². The molecule has 0 bridgehead atoms. The van der Waals surface area contributed by atoms with Crippen LogP contribution in [-0.4, -0.2) is 34.8 Å². The summed E-state index contributed by atoms with van der Waals surface area (Å²) in [6, 6.07) is 5.77. The van der Waals surface area contributed by atoms with Crippen LogP contribution in [0.25, 0.3) is 0 Å². The predicted molar refractivity (Wildman–Crippen MR) is 107 cm³/mol. The van der Waals surface area contributed by atoms with Gasteiger partial charge in [-0.2, -0.15) is 14.9 Å². The zero-order valence-electron chi connectivity index (χ0n) is 16.0. The van der Waals surface area contributed by atoms with Gasteiger partial charge < -0.3 is 9.47 Å². The minimum atomic E-state index is 0.220. The second kappa shape index (κ2) is 10.1. The van der Waals surface area contributed by atoms with Gasteiger partial charge in [0.15, 0.2) is 17.3 Å². The molecular formula is C19H28N4O2S. The molecular weight excluding hydrogens is 348 g/mol. The molecule has 7 heteroatoms. The quantitative estimate of drug-likeness (QED) is 0.363. The van der Waals surface area contributed by atoms with Crippen molar-refractivity contribution in [3.8, 4) is 11.5 Å². The van der Waals surface area contributed by atoms with Crippen molar-refractivity contribution >= 4 is 18.4 Å². The van der Waals surface area contributed by atoms with Crippen LogP contribution in [0.15, 0.2) is 23.3 Å². The summed E-state index contributed by atoms with van der Waals surface area (Å²) in [6.07, 6.45) is 6.44. The molecule has 1 heterocycles. The zero-order chi connectivity index (χ0) is 18.9. The number of methoxy groups -OCH3 is 1. The van der Waals surface area contributed by atoms with Gasteiger partial charge in [-0.05, 0) is 42.4 Å². The van der Waals surface area contributed by atoms with E-state index in [1.165, 1.54) is 19.3 Å². The average molecular weight is 377 g/mol. The lowest BCUT2D eigenvalue weighted by atomic mass is 10.2. The SMILES string of the molecule is CCCCCCOc1ccc(/C=N\n2c(C(C)C)n[nH]c2=S)cc1OC. The molecule has 26 heavy (non-hydrogen) atoms. The molecule has 1 aromatic heterocycles. The van der Waals surface area contributed by atoms with Gasteiger partial charge in [-0.15, -0.1) is 0 Å². The Kier molecular flexibility index (Phi) is 7.84. The van der Waals surface area contributed by atoms with Crippen molar-refractivity contribution < 1.29 is 9.47 Å². The van der Waals surface area contributed by atoms with E-state index in [2.05, 4.69) is 22.2 Å². The van der Waals surface area contributed by atoms with Crippen LogP contribution < -0.4 is 9.47 Å². The highest BCUT2D eigenvalue weighted by atomic mass is 32.1. The Bertz CT molecular complexity index is 780. The fourth-order valence-corrected chi connectivity index (χ4v) is 2.69. The third-order valence-electron chi connectivity index (χ3n) is 3.96.